The van der Waals surface area contributed by atoms with Crippen LogP contribution in [-0.2, 0) is 16.1 Å². The molecule has 32 heavy (non-hydrogen) atoms. The molecule has 3 heterocycles. The van der Waals surface area contributed by atoms with E-state index in [1.54, 1.807) is 0 Å². The molecule has 6 heteroatoms. The van der Waals surface area contributed by atoms with Gasteiger partial charge in [-0.15, -0.1) is 0 Å². The summed E-state index contributed by atoms with van der Waals surface area (Å²) in [6, 6.07) is 8.62. The molecule has 1 aromatic rings. The van der Waals surface area contributed by atoms with Gasteiger partial charge in [0.15, 0.2) is 0 Å². The first-order valence-corrected chi connectivity index (χ1v) is 12.6. The lowest BCUT2D eigenvalue weighted by Crippen LogP contribution is -2.73. The van der Waals surface area contributed by atoms with Crippen molar-refractivity contribution in [3.8, 4) is 0 Å². The maximum absolute atomic E-state index is 13.3. The highest BCUT2D eigenvalue weighted by Gasteiger charge is 2.53. The largest absolute Gasteiger partial charge is 0.372 e. The summed E-state index contributed by atoms with van der Waals surface area (Å²) in [6.45, 7) is 11.9. The third-order valence-electron chi connectivity index (χ3n) is 7.46. The van der Waals surface area contributed by atoms with Gasteiger partial charge in [-0.25, -0.2) is 0 Å². The van der Waals surface area contributed by atoms with Gasteiger partial charge in [-0.1, -0.05) is 32.9 Å². The number of nitrogens with one attached hydrogen (secondary N) is 1. The van der Waals surface area contributed by atoms with Crippen LogP contribution in [0.25, 0.3) is 0 Å². The molecule has 1 atom stereocenters. The summed E-state index contributed by atoms with van der Waals surface area (Å²) in [5.74, 6) is 0.553. The number of piperazine rings is 1. The minimum Gasteiger partial charge on any atom is -0.372 e. The molecule has 2 amide bonds. The molecule has 3 saturated heterocycles. The first-order valence-electron chi connectivity index (χ1n) is 12.6. The predicted molar refractivity (Wildman–Crippen MR) is 129 cm³/mol. The van der Waals surface area contributed by atoms with Gasteiger partial charge >= 0.3 is 0 Å². The number of hydrogen-bond acceptors (Lipinski definition) is 4. The zero-order valence-electron chi connectivity index (χ0n) is 20.1. The molecule has 0 radical (unpaired) electrons. The summed E-state index contributed by atoms with van der Waals surface area (Å²) in [7, 11) is 0. The van der Waals surface area contributed by atoms with Crippen molar-refractivity contribution in [1.29, 1.82) is 0 Å². The van der Waals surface area contributed by atoms with Crippen LogP contribution >= 0.6 is 0 Å². The number of amides is 2. The zero-order valence-corrected chi connectivity index (χ0v) is 20.1. The van der Waals surface area contributed by atoms with E-state index in [1.165, 1.54) is 37.2 Å². The molecule has 1 aromatic carbocycles. The second kappa shape index (κ2) is 9.82. The molecular weight excluding hydrogens is 400 g/mol. The average molecular weight is 441 g/mol. The second-order valence-corrected chi connectivity index (χ2v) is 10.3. The van der Waals surface area contributed by atoms with Crippen molar-refractivity contribution >= 4 is 17.5 Å². The molecule has 0 bridgehead atoms. The van der Waals surface area contributed by atoms with Crippen LogP contribution in [-0.4, -0.2) is 65.9 Å². The van der Waals surface area contributed by atoms with Gasteiger partial charge in [-0.2, -0.15) is 0 Å². The molecule has 4 rings (SSSR count). The Labute approximate surface area is 193 Å². The van der Waals surface area contributed by atoms with Gasteiger partial charge < -0.3 is 15.1 Å². The monoisotopic (exact) mass is 440 g/mol. The lowest BCUT2D eigenvalue weighted by atomic mass is 9.80. The number of benzene rings is 1. The van der Waals surface area contributed by atoms with Crippen molar-refractivity contribution in [2.45, 2.75) is 77.4 Å². The van der Waals surface area contributed by atoms with Gasteiger partial charge in [0.05, 0.1) is 0 Å². The predicted octanol–water partition coefficient (Wildman–Crippen LogP) is 3.40. The van der Waals surface area contributed by atoms with Gasteiger partial charge in [0.1, 0.15) is 11.6 Å². The van der Waals surface area contributed by atoms with E-state index < -0.39 is 5.54 Å². The lowest BCUT2D eigenvalue weighted by Gasteiger charge is -2.52. The summed E-state index contributed by atoms with van der Waals surface area (Å²) in [4.78, 5) is 33.4. The normalized spacial score (nSPS) is 23.9. The third-order valence-corrected chi connectivity index (χ3v) is 7.46. The van der Waals surface area contributed by atoms with Crippen molar-refractivity contribution in [3.63, 3.8) is 0 Å². The van der Waals surface area contributed by atoms with Crippen LogP contribution in [0.3, 0.4) is 0 Å². The van der Waals surface area contributed by atoms with Crippen molar-refractivity contribution in [2.24, 2.45) is 5.92 Å². The Kier molecular flexibility index (Phi) is 7.08. The van der Waals surface area contributed by atoms with Crippen LogP contribution in [0.4, 0.5) is 5.69 Å². The number of carbonyl (C=O) groups excluding carboxylic acids is 2. The Bertz CT molecular complexity index is 793. The maximum atomic E-state index is 13.3. The van der Waals surface area contributed by atoms with Crippen LogP contribution in [0.2, 0.25) is 0 Å². The van der Waals surface area contributed by atoms with E-state index in [9.17, 15) is 9.59 Å². The van der Waals surface area contributed by atoms with Gasteiger partial charge in [-0.3, -0.25) is 14.5 Å². The Morgan fingerprint density at radius 1 is 1.03 bits per heavy atom. The molecule has 3 fully saturated rings. The molecule has 0 saturated carbocycles. The number of hydrogen-bond donors (Lipinski definition) is 1. The minimum absolute atomic E-state index is 0.0609. The molecule has 176 valence electrons. The molecule has 1 N–H and O–H groups in total. The number of carbonyl (C=O) groups is 2. The summed E-state index contributed by atoms with van der Waals surface area (Å²) < 4.78 is 0. The summed E-state index contributed by atoms with van der Waals surface area (Å²) >= 11 is 0. The van der Waals surface area contributed by atoms with Gasteiger partial charge in [0, 0.05) is 45.0 Å². The highest BCUT2D eigenvalue weighted by Crippen LogP contribution is 2.34. The molecule has 6 nitrogen and oxygen atoms in total. The van der Waals surface area contributed by atoms with Gasteiger partial charge in [-0.05, 0) is 62.1 Å². The standard InChI is InChI=1S/C26H40N4O2/c1-4-13-30-24(31)23(18-20(2)3)27-25(32)26(30)11-16-28(17-12-26)19-21-7-9-22(10-8-21)29-14-5-6-15-29/h7-10,20,23H,4-6,11-19H2,1-3H3,(H,27,32). The Morgan fingerprint density at radius 3 is 2.28 bits per heavy atom. The molecular formula is C26H40N4O2. The molecule has 0 aliphatic carbocycles. The van der Waals surface area contributed by atoms with Crippen molar-refractivity contribution in [2.75, 3.05) is 37.6 Å². The number of rotatable bonds is 7. The summed E-state index contributed by atoms with van der Waals surface area (Å²) in [5.41, 5.74) is 1.97. The molecule has 3 aliphatic heterocycles. The molecule has 3 aliphatic rings. The SMILES string of the molecule is CCCN1C(=O)C(CC(C)C)NC(=O)C12CCN(Cc1ccc(N3CCCC3)cc1)CC2. The first-order chi connectivity index (χ1) is 15.4. The Balaban J connectivity index is 1.39. The first kappa shape index (κ1) is 23.1. The van der Waals surface area contributed by atoms with Crippen LogP contribution < -0.4 is 10.2 Å². The van der Waals surface area contributed by atoms with E-state index in [2.05, 4.69) is 60.2 Å². The number of likely N-dealkylation sites (tertiary alicyclic amines) is 1. The fourth-order valence-electron chi connectivity index (χ4n) is 5.68. The smallest absolute Gasteiger partial charge is 0.246 e. The quantitative estimate of drug-likeness (QED) is 0.706. The van der Waals surface area contributed by atoms with E-state index in [0.29, 0.717) is 31.7 Å². The van der Waals surface area contributed by atoms with Gasteiger partial charge in [0.2, 0.25) is 11.8 Å². The summed E-state index contributed by atoms with van der Waals surface area (Å²) in [6.07, 6.45) is 5.60. The van der Waals surface area contributed by atoms with E-state index in [1.807, 2.05) is 4.90 Å². The Hall–Kier alpha value is -2.08. The van der Waals surface area contributed by atoms with Crippen LogP contribution in [0.1, 0.15) is 64.9 Å². The number of nitrogens with zero attached hydrogens (tertiary/aromatic N) is 3. The van der Waals surface area contributed by atoms with Crippen molar-refractivity contribution in [1.82, 2.24) is 15.1 Å². The van der Waals surface area contributed by atoms with Crippen molar-refractivity contribution in [3.05, 3.63) is 29.8 Å². The lowest BCUT2D eigenvalue weighted by molar-refractivity contribution is -0.161. The Morgan fingerprint density at radius 2 is 1.69 bits per heavy atom. The van der Waals surface area contributed by atoms with E-state index >= 15 is 0 Å². The van der Waals surface area contributed by atoms with Crippen LogP contribution in [0.5, 0.6) is 0 Å². The molecule has 1 unspecified atom stereocenters. The summed E-state index contributed by atoms with van der Waals surface area (Å²) in [5, 5.41) is 3.09. The highest BCUT2D eigenvalue weighted by molar-refractivity contribution is 6.00. The minimum atomic E-state index is -0.670. The van der Waals surface area contributed by atoms with Crippen LogP contribution in [0, 0.1) is 5.92 Å². The fraction of sp³-hybridized carbons (Fsp3) is 0.692. The highest BCUT2D eigenvalue weighted by atomic mass is 16.2. The van der Waals surface area contributed by atoms with Crippen LogP contribution in [0.15, 0.2) is 24.3 Å². The van der Waals surface area contributed by atoms with E-state index in [0.717, 1.165) is 26.1 Å². The number of anilines is 1. The topological polar surface area (TPSA) is 55.9 Å². The van der Waals surface area contributed by atoms with Crippen molar-refractivity contribution < 1.29 is 9.59 Å². The zero-order chi connectivity index (χ0) is 22.7. The van der Waals surface area contributed by atoms with E-state index in [-0.39, 0.29) is 17.9 Å². The molecule has 0 aromatic heterocycles. The second-order valence-electron chi connectivity index (χ2n) is 10.3. The maximum Gasteiger partial charge on any atom is 0.246 e. The van der Waals surface area contributed by atoms with E-state index in [4.69, 9.17) is 0 Å². The molecule has 1 spiro atoms. The van der Waals surface area contributed by atoms with Gasteiger partial charge in [0.25, 0.3) is 0 Å². The fourth-order valence-corrected chi connectivity index (χ4v) is 5.68. The number of piperidine rings is 1. The third kappa shape index (κ3) is 4.66. The average Bonchev–Trinajstić information content (AvgIpc) is 3.32.